The number of hydrogen-bond donors (Lipinski definition) is 3. The summed E-state index contributed by atoms with van der Waals surface area (Å²) in [7, 11) is 1.40. The summed E-state index contributed by atoms with van der Waals surface area (Å²) >= 11 is 0. The summed E-state index contributed by atoms with van der Waals surface area (Å²) < 4.78 is 10.2. The molecule has 1 aliphatic heterocycles. The molecule has 1 saturated heterocycles. The van der Waals surface area contributed by atoms with E-state index < -0.39 is 30.2 Å². The molecule has 1 saturated carbocycles. The maximum Gasteiger partial charge on any atom is 0.186 e. The normalized spacial score (nSPS) is 48.0. The smallest absolute Gasteiger partial charge is 0.186 e. The Kier molecular flexibility index (Phi) is 2.08. The van der Waals surface area contributed by atoms with E-state index in [2.05, 4.69) is 0 Å². The molecule has 13 heavy (non-hydrogen) atoms. The Morgan fingerprint density at radius 3 is 2.31 bits per heavy atom. The third kappa shape index (κ3) is 1.28. The first kappa shape index (κ1) is 9.36. The zero-order valence-electron chi connectivity index (χ0n) is 7.38. The van der Waals surface area contributed by atoms with Gasteiger partial charge in [0, 0.05) is 7.11 Å². The van der Waals surface area contributed by atoms with Crippen LogP contribution in [0, 0.1) is 0 Å². The molecule has 4 atom stereocenters. The van der Waals surface area contributed by atoms with Crippen LogP contribution in [0.5, 0.6) is 0 Å². The van der Waals surface area contributed by atoms with E-state index in [0.717, 1.165) is 0 Å². The molecule has 0 bridgehead atoms. The van der Waals surface area contributed by atoms with Crippen molar-refractivity contribution in [2.45, 2.75) is 43.0 Å². The third-order valence-electron chi connectivity index (χ3n) is 2.82. The van der Waals surface area contributed by atoms with Crippen molar-refractivity contribution in [1.82, 2.24) is 0 Å². The van der Waals surface area contributed by atoms with Crippen molar-refractivity contribution < 1.29 is 24.8 Å². The molecule has 0 radical (unpaired) electrons. The molecule has 0 aromatic rings. The van der Waals surface area contributed by atoms with E-state index in [9.17, 15) is 15.3 Å². The van der Waals surface area contributed by atoms with Gasteiger partial charge in [0.15, 0.2) is 6.29 Å². The second-order valence-corrected chi connectivity index (χ2v) is 3.71. The third-order valence-corrected chi connectivity index (χ3v) is 2.82. The molecule has 5 nitrogen and oxygen atoms in total. The van der Waals surface area contributed by atoms with E-state index in [1.165, 1.54) is 7.11 Å². The topological polar surface area (TPSA) is 79.2 Å². The van der Waals surface area contributed by atoms with Gasteiger partial charge in [-0.3, -0.25) is 0 Å². The van der Waals surface area contributed by atoms with Gasteiger partial charge in [-0.2, -0.15) is 0 Å². The molecule has 0 aromatic heterocycles. The summed E-state index contributed by atoms with van der Waals surface area (Å²) in [5, 5.41) is 28.4. The quantitative estimate of drug-likeness (QED) is 0.474. The number of methoxy groups -OCH3 is 1. The monoisotopic (exact) mass is 190 g/mol. The molecule has 2 fully saturated rings. The first-order valence-corrected chi connectivity index (χ1v) is 4.35. The summed E-state index contributed by atoms with van der Waals surface area (Å²) in [5.41, 5.74) is -0.667. The minimum absolute atomic E-state index is 0.667. The van der Waals surface area contributed by atoms with Gasteiger partial charge in [0.1, 0.15) is 23.9 Å². The fourth-order valence-electron chi connectivity index (χ4n) is 1.75. The Hall–Kier alpha value is -0.200. The van der Waals surface area contributed by atoms with E-state index in [1.807, 2.05) is 0 Å². The number of aliphatic hydroxyl groups is 3. The molecule has 2 rings (SSSR count). The van der Waals surface area contributed by atoms with Gasteiger partial charge in [-0.1, -0.05) is 0 Å². The van der Waals surface area contributed by atoms with E-state index >= 15 is 0 Å². The highest BCUT2D eigenvalue weighted by molar-refractivity contribution is 5.09. The molecule has 1 heterocycles. The van der Waals surface area contributed by atoms with Crippen molar-refractivity contribution in [1.29, 1.82) is 0 Å². The lowest BCUT2D eigenvalue weighted by molar-refractivity contribution is -0.299. The van der Waals surface area contributed by atoms with E-state index in [4.69, 9.17) is 9.47 Å². The summed E-state index contributed by atoms with van der Waals surface area (Å²) in [6.07, 6.45) is -2.78. The molecule has 0 unspecified atom stereocenters. The SMILES string of the molecule is CO[C@H]1OC2(CC2)[C@@H](O)[C@H](O)[C@H]1O. The highest BCUT2D eigenvalue weighted by Crippen LogP contribution is 2.48. The number of aliphatic hydroxyl groups excluding tert-OH is 3. The Labute approximate surface area is 75.9 Å². The van der Waals surface area contributed by atoms with Crippen molar-refractivity contribution in [2.24, 2.45) is 0 Å². The highest BCUT2D eigenvalue weighted by Gasteiger charge is 2.60. The lowest BCUT2D eigenvalue weighted by Gasteiger charge is -2.40. The van der Waals surface area contributed by atoms with Crippen LogP contribution in [0.4, 0.5) is 0 Å². The van der Waals surface area contributed by atoms with Gasteiger partial charge in [-0.15, -0.1) is 0 Å². The molecule has 76 valence electrons. The van der Waals surface area contributed by atoms with Crippen LogP contribution in [-0.2, 0) is 9.47 Å². The minimum atomic E-state index is -1.18. The molecule has 2 aliphatic rings. The van der Waals surface area contributed by atoms with Crippen LogP contribution in [-0.4, -0.2) is 52.6 Å². The lowest BCUT2D eigenvalue weighted by atomic mass is 9.97. The van der Waals surface area contributed by atoms with E-state index in [0.29, 0.717) is 12.8 Å². The van der Waals surface area contributed by atoms with Crippen LogP contribution in [0.2, 0.25) is 0 Å². The zero-order chi connectivity index (χ0) is 9.64. The second-order valence-electron chi connectivity index (χ2n) is 3.71. The van der Waals surface area contributed by atoms with Crippen LogP contribution in [0.25, 0.3) is 0 Å². The molecule has 0 aromatic carbocycles. The highest BCUT2D eigenvalue weighted by atomic mass is 16.7. The van der Waals surface area contributed by atoms with Gasteiger partial charge in [0.25, 0.3) is 0 Å². The van der Waals surface area contributed by atoms with Gasteiger partial charge in [-0.05, 0) is 12.8 Å². The Morgan fingerprint density at radius 2 is 1.85 bits per heavy atom. The standard InChI is InChI=1S/C8H14O5/c1-12-7-5(10)4(9)6(11)8(13-7)2-3-8/h4-7,9-11H,2-3H2,1H3/t4-,5-,6+,7+/m1/s1. The average molecular weight is 190 g/mol. The number of ether oxygens (including phenoxy) is 2. The predicted octanol–water partition coefficient (Wildman–Crippen LogP) is -1.40. The van der Waals surface area contributed by atoms with Crippen LogP contribution >= 0.6 is 0 Å². The van der Waals surface area contributed by atoms with Crippen LogP contribution in [0.1, 0.15) is 12.8 Å². The maximum absolute atomic E-state index is 9.56. The molecule has 3 N–H and O–H groups in total. The van der Waals surface area contributed by atoms with Crippen LogP contribution < -0.4 is 0 Å². The van der Waals surface area contributed by atoms with Gasteiger partial charge >= 0.3 is 0 Å². The zero-order valence-corrected chi connectivity index (χ0v) is 7.38. The largest absolute Gasteiger partial charge is 0.387 e. The van der Waals surface area contributed by atoms with E-state index in [-0.39, 0.29) is 0 Å². The first-order chi connectivity index (χ1) is 6.10. The van der Waals surface area contributed by atoms with Gasteiger partial charge in [0.2, 0.25) is 0 Å². The summed E-state index contributed by atoms with van der Waals surface area (Å²) in [4.78, 5) is 0. The van der Waals surface area contributed by atoms with Crippen molar-refractivity contribution in [3.63, 3.8) is 0 Å². The first-order valence-electron chi connectivity index (χ1n) is 4.35. The second kappa shape index (κ2) is 2.90. The average Bonchev–Trinajstić information content (AvgIpc) is 2.90. The minimum Gasteiger partial charge on any atom is -0.387 e. The number of rotatable bonds is 1. The van der Waals surface area contributed by atoms with Crippen LogP contribution in [0.15, 0.2) is 0 Å². The fourth-order valence-corrected chi connectivity index (χ4v) is 1.75. The molecular weight excluding hydrogens is 176 g/mol. The Morgan fingerprint density at radius 1 is 1.23 bits per heavy atom. The molecule has 1 aliphatic carbocycles. The molecule has 1 spiro atoms. The van der Waals surface area contributed by atoms with Crippen LogP contribution in [0.3, 0.4) is 0 Å². The summed E-state index contributed by atoms with van der Waals surface area (Å²) in [6.45, 7) is 0. The molecule has 5 heteroatoms. The lowest BCUT2D eigenvalue weighted by Crippen LogP contribution is -2.59. The summed E-state index contributed by atoms with van der Waals surface area (Å²) in [5.74, 6) is 0. The Balaban J connectivity index is 2.13. The summed E-state index contributed by atoms with van der Waals surface area (Å²) in [6, 6.07) is 0. The maximum atomic E-state index is 9.56. The van der Waals surface area contributed by atoms with Crippen molar-refractivity contribution in [3.05, 3.63) is 0 Å². The fraction of sp³-hybridized carbons (Fsp3) is 1.00. The number of hydrogen-bond acceptors (Lipinski definition) is 5. The van der Waals surface area contributed by atoms with Crippen molar-refractivity contribution in [2.75, 3.05) is 7.11 Å². The van der Waals surface area contributed by atoms with Gasteiger partial charge < -0.3 is 24.8 Å². The molecule has 0 amide bonds. The van der Waals surface area contributed by atoms with Crippen molar-refractivity contribution >= 4 is 0 Å². The molecular formula is C8H14O5. The van der Waals surface area contributed by atoms with E-state index in [1.54, 1.807) is 0 Å². The van der Waals surface area contributed by atoms with Gasteiger partial charge in [0.05, 0.1) is 0 Å². The van der Waals surface area contributed by atoms with Gasteiger partial charge in [-0.25, -0.2) is 0 Å². The van der Waals surface area contributed by atoms with Crippen molar-refractivity contribution in [3.8, 4) is 0 Å². The Bertz CT molecular complexity index is 201. The predicted molar refractivity (Wildman–Crippen MR) is 41.9 cm³/mol.